The maximum atomic E-state index is 14.1. The lowest BCUT2D eigenvalue weighted by Crippen LogP contribution is -2.00. The van der Waals surface area contributed by atoms with Crippen LogP contribution in [0, 0.1) is 5.82 Å². The number of hydrogen-bond acceptors (Lipinski definition) is 1. The van der Waals surface area contributed by atoms with Crippen molar-refractivity contribution in [2.75, 3.05) is 6.54 Å². The van der Waals surface area contributed by atoms with Crippen molar-refractivity contribution in [3.8, 4) is 0 Å². The molecule has 0 fully saturated rings. The fourth-order valence-electron chi connectivity index (χ4n) is 2.17. The van der Waals surface area contributed by atoms with Gasteiger partial charge in [0.05, 0.1) is 5.52 Å². The third kappa shape index (κ3) is 2.41. The summed E-state index contributed by atoms with van der Waals surface area (Å²) in [4.78, 5) is 11.5. The summed E-state index contributed by atoms with van der Waals surface area (Å²) in [5.41, 5.74) is 3.03. The standard InChI is InChI=1S/C16H18FN3/c1-5-8-19-16(18-4)11-6-7-13(17)14-12(10(2)3)9-20-15(11)14/h6-7,9,20H,2,4-5,8H2,1,3H3. The molecule has 0 radical (unpaired) electrons. The molecule has 104 valence electrons. The summed E-state index contributed by atoms with van der Waals surface area (Å²) in [6.45, 7) is 12.0. The van der Waals surface area contributed by atoms with Crippen molar-refractivity contribution in [1.29, 1.82) is 0 Å². The molecule has 0 atom stereocenters. The molecular formula is C16H18FN3. The van der Waals surface area contributed by atoms with E-state index in [4.69, 9.17) is 0 Å². The molecule has 4 heteroatoms. The average molecular weight is 271 g/mol. The van der Waals surface area contributed by atoms with Crippen LogP contribution in [0.2, 0.25) is 0 Å². The topological polar surface area (TPSA) is 40.5 Å². The van der Waals surface area contributed by atoms with E-state index >= 15 is 0 Å². The first-order chi connectivity index (χ1) is 9.60. The second kappa shape index (κ2) is 5.82. The number of hydrogen-bond donors (Lipinski definition) is 1. The number of aromatic nitrogens is 1. The third-order valence-electron chi connectivity index (χ3n) is 3.12. The quantitative estimate of drug-likeness (QED) is 0.639. The van der Waals surface area contributed by atoms with Crippen molar-refractivity contribution in [1.82, 2.24) is 4.98 Å². The fourth-order valence-corrected chi connectivity index (χ4v) is 2.17. The van der Waals surface area contributed by atoms with Crippen LogP contribution >= 0.6 is 0 Å². The minimum Gasteiger partial charge on any atom is -0.360 e. The highest BCUT2D eigenvalue weighted by atomic mass is 19.1. The van der Waals surface area contributed by atoms with Crippen molar-refractivity contribution < 1.29 is 4.39 Å². The summed E-state index contributed by atoms with van der Waals surface area (Å²) in [7, 11) is 0. The van der Waals surface area contributed by atoms with Gasteiger partial charge >= 0.3 is 0 Å². The molecule has 2 aromatic rings. The van der Waals surface area contributed by atoms with Gasteiger partial charge < -0.3 is 4.98 Å². The Labute approximate surface area is 118 Å². The highest BCUT2D eigenvalue weighted by Crippen LogP contribution is 2.29. The molecule has 1 heterocycles. The smallest absolute Gasteiger partial charge is 0.156 e. The van der Waals surface area contributed by atoms with E-state index in [2.05, 4.69) is 28.3 Å². The molecule has 3 nitrogen and oxygen atoms in total. The van der Waals surface area contributed by atoms with Gasteiger partial charge in [-0.3, -0.25) is 4.99 Å². The molecule has 0 saturated heterocycles. The van der Waals surface area contributed by atoms with Crippen LogP contribution in [0.3, 0.4) is 0 Å². The van der Waals surface area contributed by atoms with Gasteiger partial charge in [-0.25, -0.2) is 9.38 Å². The summed E-state index contributed by atoms with van der Waals surface area (Å²) in [6.07, 6.45) is 2.69. The van der Waals surface area contributed by atoms with Crippen molar-refractivity contribution in [3.63, 3.8) is 0 Å². The maximum Gasteiger partial charge on any atom is 0.156 e. The molecule has 1 aromatic heterocycles. The predicted octanol–water partition coefficient (Wildman–Crippen LogP) is 4.20. The Morgan fingerprint density at radius 3 is 2.70 bits per heavy atom. The number of halogens is 1. The van der Waals surface area contributed by atoms with Gasteiger partial charge in [-0.15, -0.1) is 0 Å². The Kier molecular flexibility index (Phi) is 4.13. The van der Waals surface area contributed by atoms with Crippen LogP contribution in [0.1, 0.15) is 31.4 Å². The van der Waals surface area contributed by atoms with E-state index < -0.39 is 0 Å². The zero-order chi connectivity index (χ0) is 14.7. The number of allylic oxidation sites excluding steroid dienone is 1. The van der Waals surface area contributed by atoms with Gasteiger partial charge in [0.2, 0.25) is 0 Å². The molecule has 1 N–H and O–H groups in total. The molecule has 0 aliphatic rings. The van der Waals surface area contributed by atoms with Crippen molar-refractivity contribution in [2.24, 2.45) is 9.98 Å². The van der Waals surface area contributed by atoms with Crippen LogP contribution in [0.25, 0.3) is 16.5 Å². The summed E-state index contributed by atoms with van der Waals surface area (Å²) in [6, 6.07) is 3.12. The summed E-state index contributed by atoms with van der Waals surface area (Å²) >= 11 is 0. The number of aromatic amines is 1. The molecule has 2 rings (SSSR count). The molecule has 0 bridgehead atoms. The van der Waals surface area contributed by atoms with Gasteiger partial charge in [0.15, 0.2) is 5.84 Å². The van der Waals surface area contributed by atoms with E-state index in [-0.39, 0.29) is 5.82 Å². The van der Waals surface area contributed by atoms with Crippen molar-refractivity contribution in [3.05, 3.63) is 41.9 Å². The van der Waals surface area contributed by atoms with Crippen LogP contribution < -0.4 is 0 Å². The van der Waals surface area contributed by atoms with E-state index in [0.717, 1.165) is 23.1 Å². The molecule has 1 aromatic carbocycles. The highest BCUT2D eigenvalue weighted by molar-refractivity contribution is 6.12. The van der Waals surface area contributed by atoms with Gasteiger partial charge in [0, 0.05) is 29.3 Å². The van der Waals surface area contributed by atoms with Crippen LogP contribution in [0.15, 0.2) is 34.9 Å². The molecule has 0 aliphatic carbocycles. The Bertz CT molecular complexity index is 695. The molecule has 0 spiro atoms. The fraction of sp³-hybridized carbons (Fsp3) is 0.250. The molecule has 20 heavy (non-hydrogen) atoms. The van der Waals surface area contributed by atoms with Crippen LogP contribution in [0.5, 0.6) is 0 Å². The van der Waals surface area contributed by atoms with Gasteiger partial charge in [0.1, 0.15) is 5.82 Å². The number of rotatable bonds is 4. The Morgan fingerprint density at radius 2 is 2.10 bits per heavy atom. The number of amidine groups is 1. The van der Waals surface area contributed by atoms with E-state index in [0.29, 0.717) is 23.3 Å². The minimum atomic E-state index is -0.276. The van der Waals surface area contributed by atoms with Gasteiger partial charge in [-0.2, -0.15) is 0 Å². The van der Waals surface area contributed by atoms with E-state index in [9.17, 15) is 4.39 Å². The van der Waals surface area contributed by atoms with Crippen LogP contribution in [-0.2, 0) is 0 Å². The zero-order valence-corrected chi connectivity index (χ0v) is 11.8. The number of aliphatic imine (C=N–C) groups is 2. The van der Waals surface area contributed by atoms with Crippen LogP contribution in [0.4, 0.5) is 4.39 Å². The first-order valence-corrected chi connectivity index (χ1v) is 6.57. The number of nitrogens with zero attached hydrogens (tertiary/aromatic N) is 2. The van der Waals surface area contributed by atoms with Gasteiger partial charge in [-0.05, 0) is 37.8 Å². The Hall–Kier alpha value is -2.23. The number of benzene rings is 1. The second-order valence-electron chi connectivity index (χ2n) is 4.69. The maximum absolute atomic E-state index is 14.1. The van der Waals surface area contributed by atoms with Gasteiger partial charge in [0.25, 0.3) is 0 Å². The van der Waals surface area contributed by atoms with Crippen molar-refractivity contribution >= 4 is 29.0 Å². The van der Waals surface area contributed by atoms with E-state index in [1.165, 1.54) is 6.07 Å². The largest absolute Gasteiger partial charge is 0.360 e. The summed E-state index contributed by atoms with van der Waals surface area (Å²) in [5.74, 6) is 0.258. The lowest BCUT2D eigenvalue weighted by Gasteiger charge is -2.05. The van der Waals surface area contributed by atoms with E-state index in [1.54, 1.807) is 12.3 Å². The third-order valence-corrected chi connectivity index (χ3v) is 3.12. The SMILES string of the molecule is C=NC(=NCCC)c1ccc(F)c2c(C(=C)C)c[nH]c12. The lowest BCUT2D eigenvalue weighted by molar-refractivity contribution is 0.640. The highest BCUT2D eigenvalue weighted by Gasteiger charge is 2.15. The number of H-pyrrole nitrogens is 1. The normalized spacial score (nSPS) is 11.8. The molecular weight excluding hydrogens is 253 g/mol. The Balaban J connectivity index is 2.70. The number of fused-ring (bicyclic) bond motifs is 1. The lowest BCUT2D eigenvalue weighted by atomic mass is 10.0. The van der Waals surface area contributed by atoms with E-state index in [1.807, 2.05) is 13.8 Å². The minimum absolute atomic E-state index is 0.276. The first-order valence-electron chi connectivity index (χ1n) is 6.57. The molecule has 0 unspecified atom stereocenters. The Morgan fingerprint density at radius 1 is 1.35 bits per heavy atom. The summed E-state index contributed by atoms with van der Waals surface area (Å²) in [5, 5.41) is 0.530. The molecule has 0 amide bonds. The predicted molar refractivity (Wildman–Crippen MR) is 84.2 cm³/mol. The van der Waals surface area contributed by atoms with Gasteiger partial charge in [-0.1, -0.05) is 13.5 Å². The summed E-state index contributed by atoms with van der Waals surface area (Å²) < 4.78 is 14.1. The molecule has 0 saturated carbocycles. The number of nitrogens with one attached hydrogen (secondary N) is 1. The monoisotopic (exact) mass is 271 g/mol. The zero-order valence-electron chi connectivity index (χ0n) is 11.8. The second-order valence-corrected chi connectivity index (χ2v) is 4.69. The first kappa shape index (κ1) is 14.2. The molecule has 0 aliphatic heterocycles. The average Bonchev–Trinajstić information content (AvgIpc) is 2.87. The van der Waals surface area contributed by atoms with Crippen molar-refractivity contribution in [2.45, 2.75) is 20.3 Å². The van der Waals surface area contributed by atoms with Crippen LogP contribution in [-0.4, -0.2) is 24.1 Å².